The van der Waals surface area contributed by atoms with Crippen LogP contribution in [0.5, 0.6) is 5.75 Å². The van der Waals surface area contributed by atoms with Crippen LogP contribution in [0.25, 0.3) is 11.1 Å². The third kappa shape index (κ3) is 5.24. The van der Waals surface area contributed by atoms with Gasteiger partial charge in [-0.05, 0) is 48.7 Å². The third-order valence-electron chi connectivity index (χ3n) is 4.14. The fourth-order valence-electron chi connectivity index (χ4n) is 2.73. The van der Waals surface area contributed by atoms with Gasteiger partial charge in [-0.15, -0.1) is 0 Å². The molecule has 0 saturated heterocycles. The van der Waals surface area contributed by atoms with Crippen LogP contribution >= 0.6 is 0 Å². The van der Waals surface area contributed by atoms with Crippen molar-refractivity contribution in [3.63, 3.8) is 0 Å². The third-order valence-corrected chi connectivity index (χ3v) is 4.14. The molecule has 1 heterocycles. The number of hydrogen-bond donors (Lipinski definition) is 1. The van der Waals surface area contributed by atoms with E-state index in [1.807, 2.05) is 61.5 Å². The fraction of sp³-hybridized carbons (Fsp3) is 0.227. The summed E-state index contributed by atoms with van der Waals surface area (Å²) in [6.45, 7) is 1.99. The quantitative estimate of drug-likeness (QED) is 0.653. The molecule has 4 nitrogen and oxygen atoms in total. The van der Waals surface area contributed by atoms with Gasteiger partial charge in [-0.2, -0.15) is 0 Å². The van der Waals surface area contributed by atoms with Gasteiger partial charge in [0.15, 0.2) is 6.61 Å². The van der Waals surface area contributed by atoms with Gasteiger partial charge in [0, 0.05) is 12.5 Å². The van der Waals surface area contributed by atoms with Gasteiger partial charge < -0.3 is 14.5 Å². The van der Waals surface area contributed by atoms with Gasteiger partial charge >= 0.3 is 0 Å². The molecule has 0 saturated carbocycles. The molecule has 0 unspecified atom stereocenters. The number of ether oxygens (including phenoxy) is 1. The first-order chi connectivity index (χ1) is 12.7. The smallest absolute Gasteiger partial charge is 0.258 e. The van der Waals surface area contributed by atoms with Crippen LogP contribution in [0.4, 0.5) is 0 Å². The van der Waals surface area contributed by atoms with Crippen LogP contribution in [-0.4, -0.2) is 18.6 Å². The van der Waals surface area contributed by atoms with Crippen molar-refractivity contribution in [3.8, 4) is 16.9 Å². The van der Waals surface area contributed by atoms with Crippen molar-refractivity contribution in [2.45, 2.75) is 25.8 Å². The number of hydrogen-bond acceptors (Lipinski definition) is 3. The van der Waals surface area contributed by atoms with Gasteiger partial charge in [-0.25, -0.2) is 0 Å². The summed E-state index contributed by atoms with van der Waals surface area (Å²) in [7, 11) is 0. The van der Waals surface area contributed by atoms with E-state index in [1.165, 1.54) is 0 Å². The zero-order valence-corrected chi connectivity index (χ0v) is 14.9. The van der Waals surface area contributed by atoms with Crippen LogP contribution in [0.2, 0.25) is 0 Å². The number of furan rings is 1. The average molecular weight is 349 g/mol. The van der Waals surface area contributed by atoms with Crippen molar-refractivity contribution in [3.05, 3.63) is 78.8 Å². The zero-order chi connectivity index (χ0) is 18.2. The van der Waals surface area contributed by atoms with Gasteiger partial charge in [0.2, 0.25) is 0 Å². The Kier molecular flexibility index (Phi) is 6.09. The fourth-order valence-corrected chi connectivity index (χ4v) is 2.73. The predicted octanol–water partition coefficient (Wildman–Crippen LogP) is 4.46. The maximum Gasteiger partial charge on any atom is 0.258 e. The highest BCUT2D eigenvalue weighted by Gasteiger charge is 2.09. The monoisotopic (exact) mass is 349 g/mol. The van der Waals surface area contributed by atoms with E-state index in [1.54, 1.807) is 6.26 Å². The molecule has 0 bridgehead atoms. The topological polar surface area (TPSA) is 51.5 Å². The van der Waals surface area contributed by atoms with Crippen LogP contribution < -0.4 is 10.1 Å². The molecule has 1 N–H and O–H groups in total. The van der Waals surface area contributed by atoms with Crippen molar-refractivity contribution in [2.24, 2.45) is 0 Å². The highest BCUT2D eigenvalue weighted by molar-refractivity contribution is 5.77. The second kappa shape index (κ2) is 8.90. The number of carbonyl (C=O) groups excluding carboxylic acids is 1. The molecule has 0 spiro atoms. The molecule has 1 atom stereocenters. The van der Waals surface area contributed by atoms with Crippen molar-refractivity contribution in [2.75, 3.05) is 6.61 Å². The van der Waals surface area contributed by atoms with E-state index in [0.717, 1.165) is 29.7 Å². The van der Waals surface area contributed by atoms with Crippen LogP contribution in [0.3, 0.4) is 0 Å². The van der Waals surface area contributed by atoms with E-state index in [4.69, 9.17) is 9.15 Å². The summed E-state index contributed by atoms with van der Waals surface area (Å²) in [5.74, 6) is 1.49. The number of benzene rings is 2. The summed E-state index contributed by atoms with van der Waals surface area (Å²) in [5, 5.41) is 2.94. The Bertz CT molecular complexity index is 795. The Morgan fingerprint density at radius 3 is 2.42 bits per heavy atom. The summed E-state index contributed by atoms with van der Waals surface area (Å²) >= 11 is 0. The first-order valence-electron chi connectivity index (χ1n) is 8.81. The summed E-state index contributed by atoms with van der Waals surface area (Å²) in [6.07, 6.45) is 3.29. The Labute approximate surface area is 153 Å². The zero-order valence-electron chi connectivity index (χ0n) is 14.9. The number of rotatable bonds is 8. The van der Waals surface area contributed by atoms with E-state index in [-0.39, 0.29) is 18.6 Å². The number of aryl methyl sites for hydroxylation is 1. The molecule has 1 amide bonds. The SMILES string of the molecule is C[C@H](CCc1ccco1)NC(=O)COc1ccc(-c2ccccc2)cc1. The first-order valence-corrected chi connectivity index (χ1v) is 8.81. The van der Waals surface area contributed by atoms with Gasteiger partial charge in [-0.3, -0.25) is 4.79 Å². The maximum absolute atomic E-state index is 12.0. The minimum atomic E-state index is -0.121. The van der Waals surface area contributed by atoms with Gasteiger partial charge in [0.1, 0.15) is 11.5 Å². The standard InChI is InChI=1S/C22H23NO3/c1-17(9-12-20-8-5-15-25-20)23-22(24)16-26-21-13-10-19(11-14-21)18-6-3-2-4-7-18/h2-8,10-11,13-15,17H,9,12,16H2,1H3,(H,23,24)/t17-/m1/s1. The molecule has 0 aliphatic heterocycles. The van der Waals surface area contributed by atoms with Crippen molar-refractivity contribution < 1.29 is 13.9 Å². The Morgan fingerprint density at radius 2 is 1.73 bits per heavy atom. The molecule has 0 radical (unpaired) electrons. The lowest BCUT2D eigenvalue weighted by molar-refractivity contribution is -0.123. The second-order valence-electron chi connectivity index (χ2n) is 6.27. The summed E-state index contributed by atoms with van der Waals surface area (Å²) in [6, 6.07) is 21.8. The Hall–Kier alpha value is -3.01. The van der Waals surface area contributed by atoms with Gasteiger partial charge in [-0.1, -0.05) is 42.5 Å². The van der Waals surface area contributed by atoms with Crippen molar-refractivity contribution in [1.29, 1.82) is 0 Å². The molecule has 4 heteroatoms. The molecular formula is C22H23NO3. The lowest BCUT2D eigenvalue weighted by atomic mass is 10.1. The minimum Gasteiger partial charge on any atom is -0.484 e. The molecule has 134 valence electrons. The molecule has 3 aromatic rings. The highest BCUT2D eigenvalue weighted by Crippen LogP contribution is 2.21. The molecular weight excluding hydrogens is 326 g/mol. The number of nitrogens with one attached hydrogen (secondary N) is 1. The molecule has 0 fully saturated rings. The summed E-state index contributed by atoms with van der Waals surface area (Å²) < 4.78 is 10.9. The van der Waals surface area contributed by atoms with E-state index < -0.39 is 0 Å². The molecule has 1 aromatic heterocycles. The van der Waals surface area contributed by atoms with Crippen LogP contribution in [-0.2, 0) is 11.2 Å². The molecule has 26 heavy (non-hydrogen) atoms. The number of amides is 1. The summed E-state index contributed by atoms with van der Waals surface area (Å²) in [5.41, 5.74) is 2.27. The lowest BCUT2D eigenvalue weighted by Crippen LogP contribution is -2.36. The van der Waals surface area contributed by atoms with E-state index in [9.17, 15) is 4.79 Å². The van der Waals surface area contributed by atoms with Gasteiger partial charge in [0.05, 0.1) is 6.26 Å². The van der Waals surface area contributed by atoms with E-state index in [2.05, 4.69) is 17.4 Å². The minimum absolute atomic E-state index is 0.00970. The van der Waals surface area contributed by atoms with E-state index in [0.29, 0.717) is 5.75 Å². The largest absolute Gasteiger partial charge is 0.484 e. The van der Waals surface area contributed by atoms with Gasteiger partial charge in [0.25, 0.3) is 5.91 Å². The highest BCUT2D eigenvalue weighted by atomic mass is 16.5. The van der Waals surface area contributed by atoms with Crippen molar-refractivity contribution in [1.82, 2.24) is 5.32 Å². The average Bonchev–Trinajstić information content (AvgIpc) is 3.19. The van der Waals surface area contributed by atoms with Crippen LogP contribution in [0.1, 0.15) is 19.1 Å². The van der Waals surface area contributed by atoms with Crippen molar-refractivity contribution >= 4 is 5.91 Å². The molecule has 0 aliphatic carbocycles. The Balaban J connectivity index is 1.42. The van der Waals surface area contributed by atoms with Crippen LogP contribution in [0, 0.1) is 0 Å². The Morgan fingerprint density at radius 1 is 1.00 bits per heavy atom. The van der Waals surface area contributed by atoms with Crippen LogP contribution in [0.15, 0.2) is 77.4 Å². The normalized spacial score (nSPS) is 11.7. The maximum atomic E-state index is 12.0. The lowest BCUT2D eigenvalue weighted by Gasteiger charge is -2.14. The first kappa shape index (κ1) is 17.8. The van der Waals surface area contributed by atoms with E-state index >= 15 is 0 Å². The predicted molar refractivity (Wildman–Crippen MR) is 102 cm³/mol. The molecule has 2 aromatic carbocycles. The second-order valence-corrected chi connectivity index (χ2v) is 6.27. The molecule has 3 rings (SSSR count). The summed E-state index contributed by atoms with van der Waals surface area (Å²) in [4.78, 5) is 12.0. The molecule has 0 aliphatic rings. The number of carbonyl (C=O) groups is 1.